The molecule has 0 spiro atoms. The highest BCUT2D eigenvalue weighted by molar-refractivity contribution is 9.10. The molecule has 2 aromatic rings. The zero-order valence-electron chi connectivity index (χ0n) is 12.1. The van der Waals surface area contributed by atoms with Crippen LogP contribution in [-0.2, 0) is 6.42 Å². The first-order chi connectivity index (χ1) is 9.60. The molecule has 0 amide bonds. The summed E-state index contributed by atoms with van der Waals surface area (Å²) in [4.78, 5) is 0. The summed E-state index contributed by atoms with van der Waals surface area (Å²) in [5.74, 6) is 0.967. The quantitative estimate of drug-likeness (QED) is 0.831. The van der Waals surface area contributed by atoms with Crippen molar-refractivity contribution in [1.29, 1.82) is 0 Å². The van der Waals surface area contributed by atoms with E-state index >= 15 is 0 Å². The second-order valence-corrected chi connectivity index (χ2v) is 6.50. The Morgan fingerprint density at radius 3 is 1.95 bits per heavy atom. The van der Waals surface area contributed by atoms with E-state index in [0.29, 0.717) is 18.4 Å². The molecule has 0 aliphatic carbocycles. The van der Waals surface area contributed by atoms with E-state index in [1.807, 2.05) is 0 Å². The Kier molecular flexibility index (Phi) is 5.38. The second kappa shape index (κ2) is 7.05. The summed E-state index contributed by atoms with van der Waals surface area (Å²) >= 11 is 3.47. The molecule has 2 N–H and O–H groups in total. The van der Waals surface area contributed by atoms with Crippen molar-refractivity contribution in [3.63, 3.8) is 0 Å². The van der Waals surface area contributed by atoms with Crippen molar-refractivity contribution in [1.82, 2.24) is 0 Å². The largest absolute Gasteiger partial charge is 0.330 e. The molecule has 0 aliphatic heterocycles. The number of halogens is 1. The maximum absolute atomic E-state index is 5.96. The standard InChI is InChI=1S/C18H22BrN/c1-13(2)15-5-3-14(4-6-15)11-17(12-20)16-7-9-18(19)10-8-16/h3-10,13,17H,11-12,20H2,1-2H3. The summed E-state index contributed by atoms with van der Waals surface area (Å²) in [7, 11) is 0. The van der Waals surface area contributed by atoms with Gasteiger partial charge in [0.05, 0.1) is 0 Å². The average Bonchev–Trinajstić information content (AvgIpc) is 2.46. The Morgan fingerprint density at radius 1 is 0.900 bits per heavy atom. The van der Waals surface area contributed by atoms with Gasteiger partial charge in [-0.1, -0.05) is 66.2 Å². The van der Waals surface area contributed by atoms with Gasteiger partial charge in [0, 0.05) is 10.4 Å². The monoisotopic (exact) mass is 331 g/mol. The van der Waals surface area contributed by atoms with E-state index in [0.717, 1.165) is 10.9 Å². The van der Waals surface area contributed by atoms with Crippen molar-refractivity contribution in [2.24, 2.45) is 5.73 Å². The van der Waals surface area contributed by atoms with E-state index in [2.05, 4.69) is 78.3 Å². The van der Waals surface area contributed by atoms with Gasteiger partial charge < -0.3 is 5.73 Å². The van der Waals surface area contributed by atoms with Gasteiger partial charge in [-0.2, -0.15) is 0 Å². The van der Waals surface area contributed by atoms with Gasteiger partial charge in [0.25, 0.3) is 0 Å². The minimum absolute atomic E-state index is 0.382. The van der Waals surface area contributed by atoms with Gasteiger partial charge in [0.1, 0.15) is 0 Å². The molecule has 2 heteroatoms. The Hall–Kier alpha value is -1.12. The first-order valence-electron chi connectivity index (χ1n) is 7.14. The van der Waals surface area contributed by atoms with Gasteiger partial charge in [0.15, 0.2) is 0 Å². The molecule has 1 unspecified atom stereocenters. The van der Waals surface area contributed by atoms with E-state index in [9.17, 15) is 0 Å². The van der Waals surface area contributed by atoms with Crippen molar-refractivity contribution in [2.45, 2.75) is 32.1 Å². The van der Waals surface area contributed by atoms with Crippen LogP contribution in [-0.4, -0.2) is 6.54 Å². The smallest absolute Gasteiger partial charge is 0.0175 e. The average molecular weight is 332 g/mol. The molecule has 1 atom stereocenters. The van der Waals surface area contributed by atoms with Crippen LogP contribution in [0.2, 0.25) is 0 Å². The number of rotatable bonds is 5. The Labute approximate surface area is 130 Å². The van der Waals surface area contributed by atoms with Crippen molar-refractivity contribution < 1.29 is 0 Å². The van der Waals surface area contributed by atoms with Crippen LogP contribution in [0.4, 0.5) is 0 Å². The highest BCUT2D eigenvalue weighted by Crippen LogP contribution is 2.23. The lowest BCUT2D eigenvalue weighted by molar-refractivity contribution is 0.693. The minimum atomic E-state index is 0.382. The number of hydrogen-bond acceptors (Lipinski definition) is 1. The maximum atomic E-state index is 5.96. The SMILES string of the molecule is CC(C)c1ccc(CC(CN)c2ccc(Br)cc2)cc1. The molecule has 2 rings (SSSR count). The third-order valence-electron chi connectivity index (χ3n) is 3.75. The summed E-state index contributed by atoms with van der Waals surface area (Å²) in [5.41, 5.74) is 10.0. The summed E-state index contributed by atoms with van der Waals surface area (Å²) in [6.45, 7) is 5.12. The van der Waals surface area contributed by atoms with Crippen LogP contribution in [0.25, 0.3) is 0 Å². The van der Waals surface area contributed by atoms with Crippen LogP contribution in [0.1, 0.15) is 42.4 Å². The molecule has 0 bridgehead atoms. The van der Waals surface area contributed by atoms with Crippen LogP contribution >= 0.6 is 15.9 Å². The van der Waals surface area contributed by atoms with Gasteiger partial charge in [-0.25, -0.2) is 0 Å². The molecule has 20 heavy (non-hydrogen) atoms. The first-order valence-corrected chi connectivity index (χ1v) is 7.94. The van der Waals surface area contributed by atoms with Gasteiger partial charge in [0.2, 0.25) is 0 Å². The molecule has 2 aromatic carbocycles. The minimum Gasteiger partial charge on any atom is -0.330 e. The molecule has 0 saturated heterocycles. The Morgan fingerprint density at radius 2 is 1.45 bits per heavy atom. The lowest BCUT2D eigenvalue weighted by Crippen LogP contribution is -2.15. The summed E-state index contributed by atoms with van der Waals surface area (Å²) in [6, 6.07) is 17.4. The molecule has 0 aliphatic rings. The van der Waals surface area contributed by atoms with Crippen LogP contribution < -0.4 is 5.73 Å². The second-order valence-electron chi connectivity index (χ2n) is 5.58. The molecule has 0 fully saturated rings. The molecule has 0 aromatic heterocycles. The number of benzene rings is 2. The predicted molar refractivity (Wildman–Crippen MR) is 90.2 cm³/mol. The van der Waals surface area contributed by atoms with Gasteiger partial charge in [-0.15, -0.1) is 0 Å². The van der Waals surface area contributed by atoms with Crippen LogP contribution in [0, 0.1) is 0 Å². The summed E-state index contributed by atoms with van der Waals surface area (Å²) in [6.07, 6.45) is 0.997. The third-order valence-corrected chi connectivity index (χ3v) is 4.28. The molecule has 0 heterocycles. The molecule has 0 radical (unpaired) electrons. The van der Waals surface area contributed by atoms with Crippen molar-refractivity contribution in [3.8, 4) is 0 Å². The van der Waals surface area contributed by atoms with Crippen molar-refractivity contribution >= 4 is 15.9 Å². The molecule has 106 valence electrons. The molecule has 1 nitrogen and oxygen atoms in total. The Balaban J connectivity index is 2.11. The normalized spacial score (nSPS) is 12.7. The maximum Gasteiger partial charge on any atom is 0.0175 e. The van der Waals surface area contributed by atoms with E-state index in [1.54, 1.807) is 0 Å². The van der Waals surface area contributed by atoms with Crippen molar-refractivity contribution in [2.75, 3.05) is 6.54 Å². The van der Waals surface area contributed by atoms with E-state index in [-0.39, 0.29) is 0 Å². The third kappa shape index (κ3) is 3.94. The summed E-state index contributed by atoms with van der Waals surface area (Å²) in [5, 5.41) is 0. The van der Waals surface area contributed by atoms with E-state index in [1.165, 1.54) is 16.7 Å². The van der Waals surface area contributed by atoms with Gasteiger partial charge in [-0.05, 0) is 47.7 Å². The zero-order chi connectivity index (χ0) is 14.5. The fourth-order valence-electron chi connectivity index (χ4n) is 2.40. The van der Waals surface area contributed by atoms with Gasteiger partial charge >= 0.3 is 0 Å². The fraction of sp³-hybridized carbons (Fsp3) is 0.333. The zero-order valence-corrected chi connectivity index (χ0v) is 13.7. The number of nitrogens with two attached hydrogens (primary N) is 1. The number of hydrogen-bond donors (Lipinski definition) is 1. The predicted octanol–water partition coefficient (Wildman–Crippen LogP) is 4.86. The first kappa shape index (κ1) is 15.3. The molecular weight excluding hydrogens is 310 g/mol. The molecule has 0 saturated carbocycles. The highest BCUT2D eigenvalue weighted by atomic mass is 79.9. The van der Waals surface area contributed by atoms with Crippen molar-refractivity contribution in [3.05, 3.63) is 69.7 Å². The van der Waals surface area contributed by atoms with Crippen LogP contribution in [0.5, 0.6) is 0 Å². The van der Waals surface area contributed by atoms with E-state index in [4.69, 9.17) is 5.73 Å². The Bertz CT molecular complexity index is 528. The van der Waals surface area contributed by atoms with E-state index < -0.39 is 0 Å². The highest BCUT2D eigenvalue weighted by Gasteiger charge is 2.11. The molecular formula is C18H22BrN. The van der Waals surface area contributed by atoms with Gasteiger partial charge in [-0.3, -0.25) is 0 Å². The lowest BCUT2D eigenvalue weighted by atomic mass is 9.91. The van der Waals surface area contributed by atoms with Crippen LogP contribution in [0.15, 0.2) is 53.0 Å². The topological polar surface area (TPSA) is 26.0 Å². The van der Waals surface area contributed by atoms with Crippen LogP contribution in [0.3, 0.4) is 0 Å². The fourth-order valence-corrected chi connectivity index (χ4v) is 2.66. The summed E-state index contributed by atoms with van der Waals surface area (Å²) < 4.78 is 1.11. The lowest BCUT2D eigenvalue weighted by Gasteiger charge is -2.16.